The zero-order chi connectivity index (χ0) is 9.04. The summed E-state index contributed by atoms with van der Waals surface area (Å²) in [5.41, 5.74) is -1.24. The quantitative estimate of drug-likeness (QED) is 0.600. The van der Waals surface area contributed by atoms with Crippen LogP contribution < -0.4 is 0 Å². The van der Waals surface area contributed by atoms with E-state index in [0.717, 1.165) is 19.1 Å². The third-order valence-corrected chi connectivity index (χ3v) is 3.25. The molecule has 0 saturated heterocycles. The average Bonchev–Trinajstić information content (AvgIpc) is 2.77. The Morgan fingerprint density at radius 1 is 1.42 bits per heavy atom. The molecule has 12 heavy (non-hydrogen) atoms. The van der Waals surface area contributed by atoms with Gasteiger partial charge >= 0.3 is 0 Å². The van der Waals surface area contributed by atoms with Crippen LogP contribution in [0.1, 0.15) is 32.6 Å². The zero-order valence-corrected chi connectivity index (χ0v) is 7.07. The summed E-state index contributed by atoms with van der Waals surface area (Å²) < 4.78 is 25.5. The number of halogens is 2. The molecule has 1 atom stereocenters. The van der Waals surface area contributed by atoms with Crippen LogP contribution in [0.3, 0.4) is 0 Å². The van der Waals surface area contributed by atoms with Crippen molar-refractivity contribution in [2.75, 3.05) is 0 Å². The first-order valence-electron chi connectivity index (χ1n) is 4.27. The third-order valence-electron chi connectivity index (χ3n) is 3.25. The normalized spacial score (nSPS) is 40.6. The summed E-state index contributed by atoms with van der Waals surface area (Å²) in [4.78, 5) is 10.6. The van der Waals surface area contributed by atoms with Gasteiger partial charge in [0.25, 0.3) is 5.92 Å². The number of rotatable bonds is 3. The molecule has 2 saturated carbocycles. The van der Waals surface area contributed by atoms with E-state index >= 15 is 0 Å². The van der Waals surface area contributed by atoms with Gasteiger partial charge in [-0.2, -0.15) is 0 Å². The van der Waals surface area contributed by atoms with Gasteiger partial charge in [-0.25, -0.2) is 8.78 Å². The Labute approximate surface area is 70.1 Å². The minimum Gasteiger partial charge on any atom is -0.303 e. The maximum Gasteiger partial charge on any atom is 0.254 e. The van der Waals surface area contributed by atoms with Gasteiger partial charge in [-0.05, 0) is 19.3 Å². The second-order valence-electron chi connectivity index (χ2n) is 4.60. The standard InChI is InChI=1S/C9H12F2O/c1-7(5-9(7,10)11)4-8(6-12)2-3-8/h6H,2-5H2,1H3. The molecule has 0 radical (unpaired) electrons. The molecule has 3 heteroatoms. The maximum absolute atomic E-state index is 12.8. The number of hydrogen-bond donors (Lipinski definition) is 0. The molecule has 68 valence electrons. The van der Waals surface area contributed by atoms with Crippen molar-refractivity contribution in [2.45, 2.75) is 38.5 Å². The predicted octanol–water partition coefficient (Wildman–Crippen LogP) is 2.40. The smallest absolute Gasteiger partial charge is 0.254 e. The molecule has 2 rings (SSSR count). The molecule has 0 amide bonds. The highest BCUT2D eigenvalue weighted by Crippen LogP contribution is 2.68. The molecule has 0 heterocycles. The molecule has 2 aliphatic rings. The lowest BCUT2D eigenvalue weighted by Gasteiger charge is -2.13. The van der Waals surface area contributed by atoms with Gasteiger partial charge in [-0.3, -0.25) is 0 Å². The van der Waals surface area contributed by atoms with E-state index in [1.54, 1.807) is 6.92 Å². The summed E-state index contributed by atoms with van der Waals surface area (Å²) in [6.07, 6.45) is 2.84. The van der Waals surface area contributed by atoms with E-state index in [0.29, 0.717) is 6.42 Å². The molecular formula is C9H12F2O. The molecule has 2 fully saturated rings. The molecule has 1 nitrogen and oxygen atoms in total. The molecule has 0 aromatic rings. The number of aldehydes is 1. The zero-order valence-electron chi connectivity index (χ0n) is 7.07. The second kappa shape index (κ2) is 1.88. The lowest BCUT2D eigenvalue weighted by atomic mass is 9.91. The van der Waals surface area contributed by atoms with Gasteiger partial charge in [0.05, 0.1) is 0 Å². The van der Waals surface area contributed by atoms with Crippen molar-refractivity contribution < 1.29 is 13.6 Å². The van der Waals surface area contributed by atoms with Crippen LogP contribution in [0.5, 0.6) is 0 Å². The Morgan fingerprint density at radius 2 is 1.92 bits per heavy atom. The summed E-state index contributed by atoms with van der Waals surface area (Å²) >= 11 is 0. The van der Waals surface area contributed by atoms with E-state index in [-0.39, 0.29) is 11.8 Å². The number of carbonyl (C=O) groups is 1. The molecule has 1 unspecified atom stereocenters. The minimum absolute atomic E-state index is 0.0322. The van der Waals surface area contributed by atoms with Crippen LogP contribution in [0.15, 0.2) is 0 Å². The number of carbonyl (C=O) groups excluding carboxylic acids is 1. The van der Waals surface area contributed by atoms with E-state index in [9.17, 15) is 13.6 Å². The topological polar surface area (TPSA) is 17.1 Å². The monoisotopic (exact) mass is 174 g/mol. The van der Waals surface area contributed by atoms with Crippen molar-refractivity contribution in [2.24, 2.45) is 10.8 Å². The van der Waals surface area contributed by atoms with E-state index in [1.807, 2.05) is 0 Å². The fourth-order valence-electron chi connectivity index (χ4n) is 1.91. The summed E-state index contributed by atoms with van der Waals surface area (Å²) in [6, 6.07) is 0. The van der Waals surface area contributed by atoms with Crippen molar-refractivity contribution in [1.82, 2.24) is 0 Å². The lowest BCUT2D eigenvalue weighted by Crippen LogP contribution is -2.14. The summed E-state index contributed by atoms with van der Waals surface area (Å²) in [5, 5.41) is 0. The van der Waals surface area contributed by atoms with Crippen molar-refractivity contribution in [3.05, 3.63) is 0 Å². The fourth-order valence-corrected chi connectivity index (χ4v) is 1.91. The summed E-state index contributed by atoms with van der Waals surface area (Å²) in [5.74, 6) is -2.51. The van der Waals surface area contributed by atoms with Crippen LogP contribution >= 0.6 is 0 Å². The first-order valence-corrected chi connectivity index (χ1v) is 4.27. The highest BCUT2D eigenvalue weighted by atomic mass is 19.3. The van der Waals surface area contributed by atoms with Gasteiger partial charge in [0.15, 0.2) is 0 Å². The van der Waals surface area contributed by atoms with Crippen molar-refractivity contribution in [3.63, 3.8) is 0 Å². The van der Waals surface area contributed by atoms with Crippen LogP contribution in [0.2, 0.25) is 0 Å². The SMILES string of the molecule is CC1(CC2(C=O)CC2)CC1(F)F. The van der Waals surface area contributed by atoms with E-state index in [1.165, 1.54) is 0 Å². The van der Waals surface area contributed by atoms with E-state index in [4.69, 9.17) is 0 Å². The highest BCUT2D eigenvalue weighted by molar-refractivity contribution is 5.63. The van der Waals surface area contributed by atoms with Crippen molar-refractivity contribution >= 4 is 6.29 Å². The van der Waals surface area contributed by atoms with E-state index in [2.05, 4.69) is 0 Å². The van der Waals surface area contributed by atoms with Crippen LogP contribution in [0.25, 0.3) is 0 Å². The number of hydrogen-bond acceptors (Lipinski definition) is 1. The van der Waals surface area contributed by atoms with Crippen LogP contribution in [0.4, 0.5) is 8.78 Å². The largest absolute Gasteiger partial charge is 0.303 e. The molecule has 0 bridgehead atoms. The summed E-state index contributed by atoms with van der Waals surface area (Å²) in [7, 11) is 0. The Balaban J connectivity index is 2.01. The third kappa shape index (κ3) is 0.985. The van der Waals surface area contributed by atoms with Gasteiger partial charge in [-0.15, -0.1) is 0 Å². The number of alkyl halides is 2. The van der Waals surface area contributed by atoms with Crippen LogP contribution in [0, 0.1) is 10.8 Å². The van der Waals surface area contributed by atoms with E-state index < -0.39 is 11.3 Å². The molecule has 0 aliphatic heterocycles. The first kappa shape index (κ1) is 8.14. The Bertz CT molecular complexity index is 233. The lowest BCUT2D eigenvalue weighted by molar-refractivity contribution is -0.113. The van der Waals surface area contributed by atoms with Gasteiger partial charge in [0.2, 0.25) is 0 Å². The van der Waals surface area contributed by atoms with Crippen LogP contribution in [-0.2, 0) is 4.79 Å². The van der Waals surface area contributed by atoms with Crippen molar-refractivity contribution in [1.29, 1.82) is 0 Å². The van der Waals surface area contributed by atoms with Gasteiger partial charge in [0.1, 0.15) is 6.29 Å². The Hall–Kier alpha value is -0.470. The molecule has 0 spiro atoms. The van der Waals surface area contributed by atoms with Crippen molar-refractivity contribution in [3.8, 4) is 0 Å². The fraction of sp³-hybridized carbons (Fsp3) is 0.889. The molecule has 0 aromatic carbocycles. The molecule has 2 aliphatic carbocycles. The highest BCUT2D eigenvalue weighted by Gasteiger charge is 2.70. The molecular weight excluding hydrogens is 162 g/mol. The first-order chi connectivity index (χ1) is 5.43. The Morgan fingerprint density at radius 3 is 2.17 bits per heavy atom. The van der Waals surface area contributed by atoms with Gasteiger partial charge in [-0.1, -0.05) is 6.92 Å². The van der Waals surface area contributed by atoms with Crippen LogP contribution in [-0.4, -0.2) is 12.2 Å². The second-order valence-corrected chi connectivity index (χ2v) is 4.60. The molecule has 0 N–H and O–H groups in total. The predicted molar refractivity (Wildman–Crippen MR) is 40.0 cm³/mol. The average molecular weight is 174 g/mol. The molecule has 0 aromatic heterocycles. The summed E-state index contributed by atoms with van der Waals surface area (Å²) in [6.45, 7) is 1.58. The minimum atomic E-state index is -2.51. The maximum atomic E-state index is 12.8. The Kier molecular flexibility index (Phi) is 1.28. The van der Waals surface area contributed by atoms with Gasteiger partial charge in [0, 0.05) is 17.3 Å². The van der Waals surface area contributed by atoms with Gasteiger partial charge < -0.3 is 4.79 Å².